The summed E-state index contributed by atoms with van der Waals surface area (Å²) in [5.74, 6) is -2.27. The minimum atomic E-state index is -5.18. The molecule has 2 rings (SSSR count). The molecule has 2 heterocycles. The van der Waals surface area contributed by atoms with Crippen LogP contribution in [-0.4, -0.2) is 44.5 Å². The molecule has 0 spiro atoms. The highest BCUT2D eigenvalue weighted by Gasteiger charge is 2.58. The van der Waals surface area contributed by atoms with Crippen LogP contribution in [-0.2, 0) is 24.0 Å². The van der Waals surface area contributed by atoms with E-state index in [1.807, 2.05) is 0 Å². The molecule has 0 saturated carbocycles. The van der Waals surface area contributed by atoms with Crippen molar-refractivity contribution < 1.29 is 41.0 Å². The summed E-state index contributed by atoms with van der Waals surface area (Å²) in [5, 5.41) is 12.3. The minimum Gasteiger partial charge on any atom is -0.468 e. The number of hydrogen-bond acceptors (Lipinski definition) is 5. The van der Waals surface area contributed by atoms with Crippen molar-refractivity contribution in [2.45, 2.75) is 30.9 Å². The van der Waals surface area contributed by atoms with Gasteiger partial charge in [-0.15, -0.1) is 0 Å². The SMILES string of the molecule is Cn1ccnc1C(O)(CC(=O)NCc1ccnc(OCC(F)(F)F)c1)C(F)(F)F. The molecule has 0 radical (unpaired) electrons. The van der Waals surface area contributed by atoms with Crippen LogP contribution < -0.4 is 10.1 Å². The number of pyridine rings is 1. The predicted molar refractivity (Wildman–Crippen MR) is 85.4 cm³/mol. The second-order valence-electron chi connectivity index (χ2n) is 6.08. The highest BCUT2D eigenvalue weighted by Crippen LogP contribution is 2.40. The van der Waals surface area contributed by atoms with Gasteiger partial charge in [0.2, 0.25) is 17.4 Å². The van der Waals surface area contributed by atoms with Crippen molar-refractivity contribution in [3.05, 3.63) is 42.1 Å². The number of nitrogens with one attached hydrogen (secondary N) is 1. The number of ether oxygens (including phenoxy) is 1. The summed E-state index contributed by atoms with van der Waals surface area (Å²) in [6.07, 6.45) is -7.76. The second kappa shape index (κ2) is 8.27. The van der Waals surface area contributed by atoms with Crippen molar-refractivity contribution in [2.75, 3.05) is 6.61 Å². The number of rotatable bonds is 7. The molecule has 160 valence electrons. The Bertz CT molecular complexity index is 852. The number of imidazole rings is 1. The molecule has 1 atom stereocenters. The molecule has 0 aromatic carbocycles. The molecule has 1 amide bonds. The van der Waals surface area contributed by atoms with Crippen molar-refractivity contribution in [2.24, 2.45) is 7.05 Å². The van der Waals surface area contributed by atoms with E-state index in [1.165, 1.54) is 19.3 Å². The third kappa shape index (κ3) is 5.82. The van der Waals surface area contributed by atoms with Crippen LogP contribution in [0.25, 0.3) is 0 Å². The van der Waals surface area contributed by atoms with Crippen molar-refractivity contribution in [1.29, 1.82) is 0 Å². The van der Waals surface area contributed by atoms with Gasteiger partial charge < -0.3 is 19.7 Å². The molecule has 2 aromatic rings. The molecule has 13 heteroatoms. The summed E-state index contributed by atoms with van der Waals surface area (Å²) in [6.45, 7) is -1.89. The zero-order valence-electron chi connectivity index (χ0n) is 14.9. The number of nitrogens with zero attached hydrogens (tertiary/aromatic N) is 3. The van der Waals surface area contributed by atoms with Crippen LogP contribution in [0.15, 0.2) is 30.7 Å². The topological polar surface area (TPSA) is 89.3 Å². The van der Waals surface area contributed by atoms with Crippen molar-refractivity contribution in [3.63, 3.8) is 0 Å². The van der Waals surface area contributed by atoms with Gasteiger partial charge in [0.1, 0.15) is 0 Å². The van der Waals surface area contributed by atoms with Gasteiger partial charge in [-0.05, 0) is 11.6 Å². The minimum absolute atomic E-state index is 0.234. The smallest absolute Gasteiger partial charge is 0.425 e. The molecule has 7 nitrogen and oxygen atoms in total. The van der Waals surface area contributed by atoms with Gasteiger partial charge in [0.05, 0.1) is 6.42 Å². The lowest BCUT2D eigenvalue weighted by Crippen LogP contribution is -2.47. The van der Waals surface area contributed by atoms with Crippen LogP contribution in [0, 0.1) is 0 Å². The van der Waals surface area contributed by atoms with Gasteiger partial charge in [0, 0.05) is 38.2 Å². The number of amides is 1. The Kier molecular flexibility index (Phi) is 6.40. The molecule has 0 saturated heterocycles. The first kappa shape index (κ1) is 22.5. The molecule has 29 heavy (non-hydrogen) atoms. The molecule has 2 N–H and O–H groups in total. The molecule has 1 unspecified atom stereocenters. The second-order valence-corrected chi connectivity index (χ2v) is 6.08. The van der Waals surface area contributed by atoms with E-state index in [4.69, 9.17) is 0 Å². The van der Waals surface area contributed by atoms with Crippen LogP contribution in [0.4, 0.5) is 26.3 Å². The third-order valence-corrected chi connectivity index (χ3v) is 3.75. The van der Waals surface area contributed by atoms with Gasteiger partial charge in [-0.3, -0.25) is 4.79 Å². The summed E-state index contributed by atoms with van der Waals surface area (Å²) in [5.41, 5.74) is -3.28. The van der Waals surface area contributed by atoms with Gasteiger partial charge >= 0.3 is 12.4 Å². The van der Waals surface area contributed by atoms with Gasteiger partial charge in [-0.2, -0.15) is 26.3 Å². The molecular weight excluding hydrogens is 410 g/mol. The Labute approximate surface area is 160 Å². The Morgan fingerprint density at radius 1 is 1.21 bits per heavy atom. The number of alkyl halides is 6. The lowest BCUT2D eigenvalue weighted by molar-refractivity contribution is -0.271. The Morgan fingerprint density at radius 3 is 2.45 bits per heavy atom. The largest absolute Gasteiger partial charge is 0.468 e. The molecule has 0 aliphatic heterocycles. The fourth-order valence-corrected chi connectivity index (χ4v) is 2.36. The van der Waals surface area contributed by atoms with E-state index >= 15 is 0 Å². The number of aromatic nitrogens is 3. The number of aliphatic hydroxyl groups is 1. The summed E-state index contributed by atoms with van der Waals surface area (Å²) in [7, 11) is 1.23. The zero-order valence-corrected chi connectivity index (χ0v) is 14.9. The molecule has 0 aliphatic rings. The highest BCUT2D eigenvalue weighted by atomic mass is 19.4. The van der Waals surface area contributed by atoms with E-state index in [2.05, 4.69) is 20.0 Å². The zero-order chi connectivity index (χ0) is 21.9. The maximum absolute atomic E-state index is 13.4. The van der Waals surface area contributed by atoms with Crippen molar-refractivity contribution in [1.82, 2.24) is 19.9 Å². The fourth-order valence-electron chi connectivity index (χ4n) is 2.36. The Morgan fingerprint density at radius 2 is 1.90 bits per heavy atom. The van der Waals surface area contributed by atoms with E-state index in [0.29, 0.717) is 0 Å². The fraction of sp³-hybridized carbons (Fsp3) is 0.438. The third-order valence-electron chi connectivity index (χ3n) is 3.75. The standard InChI is InChI=1S/C16H16F6N4O3/c1-26-5-4-24-13(26)14(28,16(20,21)22)7-11(27)25-8-10-2-3-23-12(6-10)29-9-15(17,18)19/h2-6,28H,7-9H2,1H3,(H,25,27). The van der Waals surface area contributed by atoms with E-state index in [-0.39, 0.29) is 18.0 Å². The first-order valence-corrected chi connectivity index (χ1v) is 8.00. The molecular formula is C16H16F6N4O3. The maximum atomic E-state index is 13.4. The normalized spacial score (nSPS) is 14.3. The van der Waals surface area contributed by atoms with E-state index in [9.17, 15) is 36.2 Å². The van der Waals surface area contributed by atoms with Crippen molar-refractivity contribution >= 4 is 5.91 Å². The van der Waals surface area contributed by atoms with E-state index in [0.717, 1.165) is 23.0 Å². The Hall–Kier alpha value is -2.83. The number of aryl methyl sites for hydroxylation is 1. The van der Waals surface area contributed by atoms with Gasteiger partial charge in [0.25, 0.3) is 0 Å². The van der Waals surface area contributed by atoms with Gasteiger partial charge in [-0.1, -0.05) is 0 Å². The van der Waals surface area contributed by atoms with Gasteiger partial charge in [0.15, 0.2) is 12.4 Å². The van der Waals surface area contributed by atoms with Crippen LogP contribution in [0.1, 0.15) is 17.8 Å². The molecule has 0 aliphatic carbocycles. The first-order valence-electron chi connectivity index (χ1n) is 8.00. The average Bonchev–Trinajstić information content (AvgIpc) is 3.03. The van der Waals surface area contributed by atoms with Crippen LogP contribution in [0.3, 0.4) is 0 Å². The maximum Gasteiger partial charge on any atom is 0.425 e. The van der Waals surface area contributed by atoms with Crippen LogP contribution >= 0.6 is 0 Å². The van der Waals surface area contributed by atoms with Crippen molar-refractivity contribution in [3.8, 4) is 5.88 Å². The molecule has 2 aromatic heterocycles. The molecule has 0 bridgehead atoms. The highest BCUT2D eigenvalue weighted by molar-refractivity contribution is 5.77. The lowest BCUT2D eigenvalue weighted by atomic mass is 9.97. The number of carbonyl (C=O) groups excluding carboxylic acids is 1. The Balaban J connectivity index is 2.04. The number of hydrogen-bond donors (Lipinski definition) is 2. The van der Waals surface area contributed by atoms with Gasteiger partial charge in [-0.25, -0.2) is 9.97 Å². The number of halogens is 6. The van der Waals surface area contributed by atoms with Crippen LogP contribution in [0.2, 0.25) is 0 Å². The first-order chi connectivity index (χ1) is 13.3. The number of carbonyl (C=O) groups is 1. The summed E-state index contributed by atoms with van der Waals surface area (Å²) < 4.78 is 82.1. The molecule has 0 fully saturated rings. The monoisotopic (exact) mass is 426 g/mol. The average molecular weight is 426 g/mol. The lowest BCUT2D eigenvalue weighted by Gasteiger charge is -2.29. The van der Waals surface area contributed by atoms with Crippen LogP contribution in [0.5, 0.6) is 5.88 Å². The summed E-state index contributed by atoms with van der Waals surface area (Å²) in [4.78, 5) is 19.1. The summed E-state index contributed by atoms with van der Waals surface area (Å²) >= 11 is 0. The van der Waals surface area contributed by atoms with E-state index < -0.39 is 42.7 Å². The predicted octanol–water partition coefficient (Wildman–Crippen LogP) is 2.21. The van der Waals surface area contributed by atoms with E-state index in [1.54, 1.807) is 0 Å². The quantitative estimate of drug-likeness (QED) is 0.663. The summed E-state index contributed by atoms with van der Waals surface area (Å²) in [6, 6.07) is 2.43.